The minimum Gasteiger partial charge on any atom is -0.388 e. The van der Waals surface area contributed by atoms with E-state index in [4.69, 9.17) is 4.74 Å². The Labute approximate surface area is 265 Å². The Balaban J connectivity index is 1.45. The van der Waals surface area contributed by atoms with E-state index in [1.165, 1.54) is 25.7 Å². The van der Waals surface area contributed by atoms with E-state index in [1.807, 2.05) is 91.0 Å². The van der Waals surface area contributed by atoms with Gasteiger partial charge in [0, 0.05) is 6.42 Å². The van der Waals surface area contributed by atoms with Crippen molar-refractivity contribution in [3.63, 3.8) is 0 Å². The minimum absolute atomic E-state index is 0.201. The van der Waals surface area contributed by atoms with Crippen LogP contribution in [0.25, 0.3) is 0 Å². The predicted octanol–water partition coefficient (Wildman–Crippen LogP) is 9.10. The van der Waals surface area contributed by atoms with E-state index < -0.39 is 17.8 Å². The van der Waals surface area contributed by atoms with Crippen molar-refractivity contribution < 1.29 is 19.7 Å². The Morgan fingerprint density at radius 3 is 1.61 bits per heavy atom. The van der Waals surface area contributed by atoms with Gasteiger partial charge < -0.3 is 14.9 Å². The van der Waals surface area contributed by atoms with E-state index in [-0.39, 0.29) is 18.8 Å². The molecule has 3 aromatic carbocycles. The predicted molar refractivity (Wildman–Crippen MR) is 182 cm³/mol. The van der Waals surface area contributed by atoms with Crippen LogP contribution in [-0.2, 0) is 15.1 Å². The molecule has 4 nitrogen and oxygen atoms in total. The quantitative estimate of drug-likeness (QED) is 0.0690. The molecular weight excluding hydrogens is 544 g/mol. The third kappa shape index (κ3) is 11.3. The first-order valence-electron chi connectivity index (χ1n) is 16.6. The zero-order valence-corrected chi connectivity index (χ0v) is 26.5. The average molecular weight is 597 g/mol. The van der Waals surface area contributed by atoms with Crippen molar-refractivity contribution in [1.82, 2.24) is 0 Å². The van der Waals surface area contributed by atoms with Crippen LogP contribution in [0.4, 0.5) is 0 Å². The largest absolute Gasteiger partial charge is 0.388 e. The van der Waals surface area contributed by atoms with Crippen molar-refractivity contribution in [3.8, 4) is 0 Å². The fourth-order valence-corrected chi connectivity index (χ4v) is 5.54. The number of carbonyl (C=O) groups is 1. The number of unbranched alkanes of at least 4 members (excludes halogenated alkanes) is 8. The highest BCUT2D eigenvalue weighted by Gasteiger charge is 2.39. The van der Waals surface area contributed by atoms with Gasteiger partial charge in [0.15, 0.2) is 5.78 Å². The molecule has 2 N–H and O–H groups in total. The molecule has 0 saturated heterocycles. The van der Waals surface area contributed by atoms with Gasteiger partial charge in [0.25, 0.3) is 0 Å². The zero-order chi connectivity index (χ0) is 31.3. The fourth-order valence-electron chi connectivity index (χ4n) is 5.54. The van der Waals surface area contributed by atoms with Crippen LogP contribution in [0.1, 0.15) is 101 Å². The maximum atomic E-state index is 12.8. The maximum absolute atomic E-state index is 12.8. The van der Waals surface area contributed by atoms with E-state index in [0.29, 0.717) is 6.42 Å². The number of benzene rings is 3. The zero-order valence-electron chi connectivity index (χ0n) is 26.5. The Hall–Kier alpha value is -3.31. The lowest BCUT2D eigenvalue weighted by Crippen LogP contribution is -2.41. The molecule has 0 aromatic heterocycles. The number of hydrogen-bond acceptors (Lipinski definition) is 4. The molecule has 0 aliphatic rings. The van der Waals surface area contributed by atoms with Gasteiger partial charge in [-0.05, 0) is 55.2 Å². The lowest BCUT2D eigenvalue weighted by Gasteiger charge is -2.37. The maximum Gasteiger partial charge on any atom is 0.164 e. The Bertz CT molecular complexity index is 1120. The third-order valence-electron chi connectivity index (χ3n) is 8.08. The number of aliphatic hydroxyl groups excluding tert-OH is 2. The number of ether oxygens (including phenoxy) is 1. The van der Waals surface area contributed by atoms with Gasteiger partial charge in [-0.3, -0.25) is 4.79 Å². The van der Waals surface area contributed by atoms with Gasteiger partial charge in [0.05, 0.1) is 6.61 Å². The molecule has 0 radical (unpaired) electrons. The van der Waals surface area contributed by atoms with E-state index >= 15 is 0 Å². The summed E-state index contributed by atoms with van der Waals surface area (Å²) >= 11 is 0. The third-order valence-corrected chi connectivity index (χ3v) is 8.08. The molecule has 0 spiro atoms. The van der Waals surface area contributed by atoms with Crippen molar-refractivity contribution in [2.75, 3.05) is 6.61 Å². The molecule has 0 heterocycles. The topological polar surface area (TPSA) is 66.8 Å². The van der Waals surface area contributed by atoms with Crippen molar-refractivity contribution in [2.24, 2.45) is 0 Å². The molecule has 0 amide bonds. The van der Waals surface area contributed by atoms with Crippen LogP contribution in [0.15, 0.2) is 115 Å². The van der Waals surface area contributed by atoms with E-state index in [2.05, 4.69) is 31.2 Å². The molecular formula is C40H52O4. The number of carbonyl (C=O) groups excluding carboxylic acids is 1. The normalized spacial score (nSPS) is 13.4. The SMILES string of the molecule is CCCCC/C=C\C/C=C\CCCCCCCC(=O)C(O)C(O)COC(c1ccccc1)(c1ccccc1)c1ccccc1. The van der Waals surface area contributed by atoms with Gasteiger partial charge in [-0.15, -0.1) is 0 Å². The van der Waals surface area contributed by atoms with E-state index in [0.717, 1.165) is 55.2 Å². The lowest BCUT2D eigenvalue weighted by atomic mass is 9.80. The summed E-state index contributed by atoms with van der Waals surface area (Å²) in [5.41, 5.74) is 1.68. The van der Waals surface area contributed by atoms with Crippen LogP contribution in [0.3, 0.4) is 0 Å². The Morgan fingerprint density at radius 2 is 1.11 bits per heavy atom. The highest BCUT2D eigenvalue weighted by Crippen LogP contribution is 2.40. The van der Waals surface area contributed by atoms with Gasteiger partial charge in [-0.2, -0.15) is 0 Å². The van der Waals surface area contributed by atoms with Crippen LogP contribution in [0.5, 0.6) is 0 Å². The molecule has 44 heavy (non-hydrogen) atoms. The van der Waals surface area contributed by atoms with E-state index in [1.54, 1.807) is 0 Å². The standard InChI is InChI=1S/C40H52O4/c1-2-3-4-5-6-7-8-9-10-11-12-13-14-15-25-32-37(41)39(43)38(42)33-44-40(34-26-19-16-20-27-34,35-28-21-17-22-29-35)36-30-23-18-24-31-36/h6-7,9-10,16-24,26-31,38-39,42-43H,2-5,8,11-15,25,32-33H2,1H3/b7-6-,10-9-. The van der Waals surface area contributed by atoms with Gasteiger partial charge in [0.2, 0.25) is 0 Å². The summed E-state index contributed by atoms with van der Waals surface area (Å²) in [6.45, 7) is 2.03. The molecule has 0 aliphatic heterocycles. The molecule has 0 aliphatic carbocycles. The molecule has 0 fully saturated rings. The smallest absolute Gasteiger partial charge is 0.164 e. The van der Waals surface area contributed by atoms with Crippen molar-refractivity contribution >= 4 is 5.78 Å². The number of aliphatic hydroxyl groups is 2. The summed E-state index contributed by atoms with van der Waals surface area (Å²) in [6.07, 6.45) is 18.6. The molecule has 2 unspecified atom stereocenters. The van der Waals surface area contributed by atoms with Crippen LogP contribution in [0.2, 0.25) is 0 Å². The highest BCUT2D eigenvalue weighted by molar-refractivity contribution is 5.83. The van der Waals surface area contributed by atoms with Crippen molar-refractivity contribution in [3.05, 3.63) is 132 Å². The van der Waals surface area contributed by atoms with Gasteiger partial charge in [-0.25, -0.2) is 0 Å². The summed E-state index contributed by atoms with van der Waals surface area (Å²) < 4.78 is 6.58. The molecule has 236 valence electrons. The van der Waals surface area contributed by atoms with Crippen LogP contribution in [-0.4, -0.2) is 34.8 Å². The number of rotatable bonds is 22. The number of hydrogen-bond donors (Lipinski definition) is 2. The van der Waals surface area contributed by atoms with E-state index in [9.17, 15) is 15.0 Å². The molecule has 3 aromatic rings. The van der Waals surface area contributed by atoms with Crippen LogP contribution < -0.4 is 0 Å². The number of allylic oxidation sites excluding steroid dienone is 4. The van der Waals surface area contributed by atoms with Gasteiger partial charge in [0.1, 0.15) is 17.8 Å². The number of Topliss-reactive ketones (excluding diaryl/α,β-unsaturated/α-hetero) is 1. The van der Waals surface area contributed by atoms with Crippen LogP contribution >= 0.6 is 0 Å². The summed E-state index contributed by atoms with van der Waals surface area (Å²) in [5.74, 6) is -0.337. The summed E-state index contributed by atoms with van der Waals surface area (Å²) in [5, 5.41) is 21.6. The average Bonchev–Trinajstić information content (AvgIpc) is 3.07. The fraction of sp³-hybridized carbons (Fsp3) is 0.425. The second-order valence-corrected chi connectivity index (χ2v) is 11.5. The molecule has 3 rings (SSSR count). The lowest BCUT2D eigenvalue weighted by molar-refractivity contribution is -0.138. The first kappa shape index (κ1) is 35.2. The highest BCUT2D eigenvalue weighted by atomic mass is 16.5. The van der Waals surface area contributed by atoms with Crippen molar-refractivity contribution in [2.45, 2.75) is 102 Å². The second kappa shape index (κ2) is 20.6. The van der Waals surface area contributed by atoms with Gasteiger partial charge >= 0.3 is 0 Å². The first-order valence-corrected chi connectivity index (χ1v) is 16.6. The summed E-state index contributed by atoms with van der Waals surface area (Å²) in [6, 6.07) is 29.6. The monoisotopic (exact) mass is 596 g/mol. The first-order chi connectivity index (χ1) is 21.6. The van der Waals surface area contributed by atoms with Crippen LogP contribution in [0, 0.1) is 0 Å². The van der Waals surface area contributed by atoms with Gasteiger partial charge in [-0.1, -0.05) is 154 Å². The minimum atomic E-state index is -1.49. The Morgan fingerprint density at radius 1 is 0.659 bits per heavy atom. The molecule has 2 atom stereocenters. The molecule has 0 bridgehead atoms. The Kier molecular flexibility index (Phi) is 16.5. The summed E-state index contributed by atoms with van der Waals surface area (Å²) in [7, 11) is 0. The number of ketones is 1. The molecule has 4 heteroatoms. The second-order valence-electron chi connectivity index (χ2n) is 11.5. The summed E-state index contributed by atoms with van der Waals surface area (Å²) in [4.78, 5) is 12.8. The van der Waals surface area contributed by atoms with Crippen molar-refractivity contribution in [1.29, 1.82) is 0 Å². The molecule has 0 saturated carbocycles.